The lowest BCUT2D eigenvalue weighted by Gasteiger charge is -2.19. The summed E-state index contributed by atoms with van der Waals surface area (Å²) in [6.07, 6.45) is 0.197. The fourth-order valence-electron chi connectivity index (χ4n) is 2.55. The first-order chi connectivity index (χ1) is 11.5. The van der Waals surface area contributed by atoms with E-state index < -0.39 is 0 Å². The van der Waals surface area contributed by atoms with Crippen LogP contribution in [0.1, 0.15) is 39.1 Å². The minimum Gasteiger partial charge on any atom is -0.504 e. The van der Waals surface area contributed by atoms with Crippen LogP contribution in [0.25, 0.3) is 0 Å². The Morgan fingerprint density at radius 2 is 1.58 bits per heavy atom. The lowest BCUT2D eigenvalue weighted by atomic mass is 10.0. The molecule has 24 heavy (non-hydrogen) atoms. The van der Waals surface area contributed by atoms with Crippen molar-refractivity contribution in [2.24, 2.45) is 0 Å². The second-order valence-electron chi connectivity index (χ2n) is 5.73. The number of aryl methyl sites for hydroxylation is 1. The Morgan fingerprint density at radius 1 is 0.958 bits per heavy atom. The molecule has 0 unspecified atom stereocenters. The van der Waals surface area contributed by atoms with Crippen molar-refractivity contribution in [2.45, 2.75) is 19.8 Å². The van der Waals surface area contributed by atoms with E-state index in [4.69, 9.17) is 9.47 Å². The van der Waals surface area contributed by atoms with Crippen LogP contribution in [0.5, 0.6) is 17.2 Å². The molecular weight excluding hydrogens is 308 g/mol. The third-order valence-corrected chi connectivity index (χ3v) is 3.90. The zero-order chi connectivity index (χ0) is 17.1. The number of hydrogen-bond acceptors (Lipinski definition) is 5. The smallest absolute Gasteiger partial charge is 0.203 e. The number of rotatable bonds is 5. The number of aromatic hydroxyl groups is 1. The van der Waals surface area contributed by atoms with E-state index in [2.05, 4.69) is 0 Å². The highest BCUT2D eigenvalue weighted by Crippen LogP contribution is 2.39. The van der Waals surface area contributed by atoms with E-state index in [0.29, 0.717) is 30.1 Å². The van der Waals surface area contributed by atoms with Crippen molar-refractivity contribution in [3.8, 4) is 17.2 Å². The minimum absolute atomic E-state index is 0.0752. The summed E-state index contributed by atoms with van der Waals surface area (Å²) < 4.78 is 10.7. The lowest BCUT2D eigenvalue weighted by Crippen LogP contribution is -2.16. The summed E-state index contributed by atoms with van der Waals surface area (Å²) in [5, 5.41) is 9.94. The molecule has 1 N–H and O–H groups in total. The quantitative estimate of drug-likeness (QED) is 0.853. The average molecular weight is 326 g/mol. The minimum atomic E-state index is -0.220. The molecule has 0 saturated carbocycles. The molecule has 0 amide bonds. The third-order valence-electron chi connectivity index (χ3n) is 3.90. The first-order valence-electron chi connectivity index (χ1n) is 7.80. The highest BCUT2D eigenvalue weighted by atomic mass is 16.6. The van der Waals surface area contributed by atoms with Gasteiger partial charge in [-0.1, -0.05) is 29.8 Å². The fraction of sp³-hybridized carbons (Fsp3) is 0.263. The van der Waals surface area contributed by atoms with Crippen molar-refractivity contribution in [3.63, 3.8) is 0 Å². The van der Waals surface area contributed by atoms with Gasteiger partial charge in [0.15, 0.2) is 23.1 Å². The molecule has 1 aliphatic heterocycles. The van der Waals surface area contributed by atoms with Crippen molar-refractivity contribution in [1.82, 2.24) is 0 Å². The normalized spacial score (nSPS) is 12.7. The van der Waals surface area contributed by atoms with E-state index in [-0.39, 0.29) is 35.9 Å². The van der Waals surface area contributed by atoms with Gasteiger partial charge in [0, 0.05) is 24.0 Å². The standard InChI is InChI=1S/C19H18O5/c1-12-2-4-13(5-3-12)15(20)6-7-16(21)14-10-17(22)19-18(11-14)23-8-9-24-19/h2-5,10-11,22H,6-9H2,1H3. The molecule has 2 aromatic rings. The van der Waals surface area contributed by atoms with Gasteiger partial charge in [-0.15, -0.1) is 0 Å². The number of ketones is 2. The second kappa shape index (κ2) is 6.74. The summed E-state index contributed by atoms with van der Waals surface area (Å²) in [6, 6.07) is 10.2. The summed E-state index contributed by atoms with van der Waals surface area (Å²) in [5.74, 6) is 0.191. The van der Waals surface area contributed by atoms with Gasteiger partial charge in [-0.3, -0.25) is 9.59 Å². The highest BCUT2D eigenvalue weighted by molar-refractivity contribution is 6.02. The van der Waals surface area contributed by atoms with Crippen LogP contribution in [0.15, 0.2) is 36.4 Å². The summed E-state index contributed by atoms with van der Waals surface area (Å²) >= 11 is 0. The number of carbonyl (C=O) groups excluding carboxylic acids is 2. The monoisotopic (exact) mass is 326 g/mol. The van der Waals surface area contributed by atoms with Crippen LogP contribution in [0.2, 0.25) is 0 Å². The van der Waals surface area contributed by atoms with Gasteiger partial charge >= 0.3 is 0 Å². The number of phenols is 1. The molecule has 3 rings (SSSR count). The maximum Gasteiger partial charge on any atom is 0.203 e. The van der Waals surface area contributed by atoms with E-state index >= 15 is 0 Å². The number of benzene rings is 2. The van der Waals surface area contributed by atoms with Gasteiger partial charge < -0.3 is 14.6 Å². The van der Waals surface area contributed by atoms with Crippen molar-refractivity contribution in [3.05, 3.63) is 53.1 Å². The zero-order valence-electron chi connectivity index (χ0n) is 13.4. The molecule has 2 aromatic carbocycles. The summed E-state index contributed by atoms with van der Waals surface area (Å²) in [6.45, 7) is 2.68. The number of Topliss-reactive ketones (excluding diaryl/α,β-unsaturated/α-hetero) is 2. The first kappa shape index (κ1) is 16.1. The van der Waals surface area contributed by atoms with Gasteiger partial charge in [0.25, 0.3) is 0 Å². The van der Waals surface area contributed by atoms with Gasteiger partial charge in [-0.2, -0.15) is 0 Å². The van der Waals surface area contributed by atoms with Crippen molar-refractivity contribution in [1.29, 1.82) is 0 Å². The van der Waals surface area contributed by atoms with Gasteiger partial charge in [0.1, 0.15) is 13.2 Å². The van der Waals surface area contributed by atoms with E-state index in [1.165, 1.54) is 6.07 Å². The molecule has 0 aromatic heterocycles. The molecule has 0 radical (unpaired) electrons. The van der Waals surface area contributed by atoms with Gasteiger partial charge in [0.05, 0.1) is 0 Å². The van der Waals surface area contributed by atoms with Crippen LogP contribution in [0, 0.1) is 6.92 Å². The van der Waals surface area contributed by atoms with E-state index in [1.807, 2.05) is 19.1 Å². The predicted octanol–water partition coefficient (Wildman–Crippen LogP) is 3.32. The summed E-state index contributed by atoms with van der Waals surface area (Å²) in [4.78, 5) is 24.5. The van der Waals surface area contributed by atoms with Crippen molar-refractivity contribution < 1.29 is 24.2 Å². The molecule has 0 atom stereocenters. The van der Waals surface area contributed by atoms with Crippen LogP contribution in [0.4, 0.5) is 0 Å². The molecular formula is C19H18O5. The number of hydrogen-bond donors (Lipinski definition) is 1. The Bertz CT molecular complexity index is 777. The van der Waals surface area contributed by atoms with Gasteiger partial charge in [0.2, 0.25) is 5.75 Å². The Labute approximate surface area is 139 Å². The molecule has 5 nitrogen and oxygen atoms in total. The topological polar surface area (TPSA) is 72.8 Å². The number of fused-ring (bicyclic) bond motifs is 1. The van der Waals surface area contributed by atoms with Gasteiger partial charge in [-0.25, -0.2) is 0 Å². The molecule has 0 fully saturated rings. The maximum atomic E-state index is 12.3. The third kappa shape index (κ3) is 3.40. The Kier molecular flexibility index (Phi) is 4.51. The van der Waals surface area contributed by atoms with Crippen LogP contribution < -0.4 is 9.47 Å². The zero-order valence-corrected chi connectivity index (χ0v) is 13.4. The number of carbonyl (C=O) groups is 2. The molecule has 5 heteroatoms. The summed E-state index contributed by atoms with van der Waals surface area (Å²) in [7, 11) is 0. The van der Waals surface area contributed by atoms with Gasteiger partial charge in [-0.05, 0) is 19.1 Å². The van der Waals surface area contributed by atoms with Crippen molar-refractivity contribution in [2.75, 3.05) is 13.2 Å². The lowest BCUT2D eigenvalue weighted by molar-refractivity contribution is 0.0916. The molecule has 1 heterocycles. The second-order valence-corrected chi connectivity index (χ2v) is 5.73. The fourth-order valence-corrected chi connectivity index (χ4v) is 2.55. The SMILES string of the molecule is Cc1ccc(C(=O)CCC(=O)c2cc(O)c3c(c2)OCCO3)cc1. The van der Waals surface area contributed by atoms with E-state index in [1.54, 1.807) is 18.2 Å². The Hall–Kier alpha value is -2.82. The van der Waals surface area contributed by atoms with Crippen LogP contribution in [-0.4, -0.2) is 29.9 Å². The largest absolute Gasteiger partial charge is 0.504 e. The molecule has 0 bridgehead atoms. The average Bonchev–Trinajstić information content (AvgIpc) is 2.60. The van der Waals surface area contributed by atoms with E-state index in [0.717, 1.165) is 5.56 Å². The number of phenolic OH excluding ortho intramolecular Hbond substituents is 1. The molecule has 0 spiro atoms. The molecule has 0 saturated heterocycles. The first-order valence-corrected chi connectivity index (χ1v) is 7.80. The number of ether oxygens (including phenoxy) is 2. The van der Waals surface area contributed by atoms with Crippen LogP contribution in [0.3, 0.4) is 0 Å². The Balaban J connectivity index is 1.68. The molecule has 0 aliphatic carbocycles. The van der Waals surface area contributed by atoms with Crippen LogP contribution in [-0.2, 0) is 0 Å². The van der Waals surface area contributed by atoms with Crippen molar-refractivity contribution >= 4 is 11.6 Å². The predicted molar refractivity (Wildman–Crippen MR) is 88.2 cm³/mol. The summed E-state index contributed by atoms with van der Waals surface area (Å²) in [5.41, 5.74) is 1.99. The van der Waals surface area contributed by atoms with Crippen LogP contribution >= 0.6 is 0 Å². The highest BCUT2D eigenvalue weighted by Gasteiger charge is 2.20. The molecule has 124 valence electrons. The molecule has 1 aliphatic rings. The van der Waals surface area contributed by atoms with E-state index in [9.17, 15) is 14.7 Å². The maximum absolute atomic E-state index is 12.3. The Morgan fingerprint density at radius 3 is 2.29 bits per heavy atom.